The minimum atomic E-state index is 0.546. The summed E-state index contributed by atoms with van der Waals surface area (Å²) < 4.78 is 0. The van der Waals surface area contributed by atoms with E-state index >= 15 is 0 Å². The Morgan fingerprint density at radius 2 is 1.85 bits per heavy atom. The molecule has 27 heavy (non-hydrogen) atoms. The van der Waals surface area contributed by atoms with Crippen LogP contribution in [-0.4, -0.2) is 25.6 Å². The van der Waals surface area contributed by atoms with Crippen LogP contribution in [0.15, 0.2) is 42.5 Å². The second-order valence-electron chi connectivity index (χ2n) is 7.75. The van der Waals surface area contributed by atoms with Crippen LogP contribution in [0.1, 0.15) is 50.2 Å². The predicted octanol–water partition coefficient (Wildman–Crippen LogP) is 5.70. The fourth-order valence-corrected chi connectivity index (χ4v) is 3.82. The monoisotopic (exact) mass is 363 g/mol. The molecule has 0 radical (unpaired) electrons. The molecule has 2 aromatic carbocycles. The van der Waals surface area contributed by atoms with Gasteiger partial charge < -0.3 is 15.6 Å². The van der Waals surface area contributed by atoms with Crippen molar-refractivity contribution in [3.8, 4) is 11.3 Å². The standard InChI is InChI=1S/C24H33N3/c1-5-17(2)20-13-9-14-22-21(12-6-7-15-25)23(26-24(20)22)18-10-8-11-19(16-18)27(3)4/h8-11,13-14,16-17,26H,5-7,12,15,25H2,1-4H3. The maximum absolute atomic E-state index is 5.75. The summed E-state index contributed by atoms with van der Waals surface area (Å²) in [7, 11) is 4.18. The van der Waals surface area contributed by atoms with Gasteiger partial charge in [0, 0.05) is 41.9 Å². The number of nitrogens with zero attached hydrogens (tertiary/aromatic N) is 1. The second-order valence-corrected chi connectivity index (χ2v) is 7.75. The summed E-state index contributed by atoms with van der Waals surface area (Å²) in [6, 6.07) is 15.6. The second kappa shape index (κ2) is 8.62. The van der Waals surface area contributed by atoms with Crippen LogP contribution in [0.3, 0.4) is 0 Å². The molecule has 0 amide bonds. The van der Waals surface area contributed by atoms with Gasteiger partial charge in [0.05, 0.1) is 0 Å². The summed E-state index contributed by atoms with van der Waals surface area (Å²) in [5.74, 6) is 0.546. The van der Waals surface area contributed by atoms with Crippen molar-refractivity contribution in [2.45, 2.75) is 45.4 Å². The molecule has 0 saturated carbocycles. The zero-order valence-corrected chi connectivity index (χ0v) is 17.2. The van der Waals surface area contributed by atoms with Gasteiger partial charge in [-0.05, 0) is 61.4 Å². The van der Waals surface area contributed by atoms with Gasteiger partial charge in [0.15, 0.2) is 0 Å². The van der Waals surface area contributed by atoms with E-state index < -0.39 is 0 Å². The normalized spacial score (nSPS) is 12.5. The Morgan fingerprint density at radius 1 is 1.07 bits per heavy atom. The zero-order valence-electron chi connectivity index (χ0n) is 17.2. The summed E-state index contributed by atoms with van der Waals surface area (Å²) in [5.41, 5.74) is 13.7. The number of hydrogen-bond donors (Lipinski definition) is 2. The first-order valence-corrected chi connectivity index (χ1v) is 10.2. The van der Waals surface area contributed by atoms with E-state index in [1.54, 1.807) is 0 Å². The maximum Gasteiger partial charge on any atom is 0.0498 e. The van der Waals surface area contributed by atoms with Crippen molar-refractivity contribution in [3.05, 3.63) is 53.6 Å². The number of anilines is 1. The van der Waals surface area contributed by atoms with Crippen LogP contribution >= 0.6 is 0 Å². The molecule has 3 N–H and O–H groups in total. The van der Waals surface area contributed by atoms with Gasteiger partial charge in [-0.2, -0.15) is 0 Å². The number of para-hydroxylation sites is 1. The van der Waals surface area contributed by atoms with Crippen molar-refractivity contribution >= 4 is 16.6 Å². The number of H-pyrrole nitrogens is 1. The van der Waals surface area contributed by atoms with Crippen molar-refractivity contribution in [2.75, 3.05) is 25.5 Å². The van der Waals surface area contributed by atoms with Crippen molar-refractivity contribution in [1.82, 2.24) is 4.98 Å². The third-order valence-electron chi connectivity index (χ3n) is 5.65. The number of fused-ring (bicyclic) bond motifs is 1. The van der Waals surface area contributed by atoms with Gasteiger partial charge in [-0.15, -0.1) is 0 Å². The van der Waals surface area contributed by atoms with Crippen molar-refractivity contribution in [2.24, 2.45) is 5.73 Å². The molecule has 0 aliphatic carbocycles. The first-order chi connectivity index (χ1) is 13.1. The van der Waals surface area contributed by atoms with Crippen LogP contribution in [0.2, 0.25) is 0 Å². The molecule has 0 aliphatic heterocycles. The van der Waals surface area contributed by atoms with Crippen molar-refractivity contribution in [1.29, 1.82) is 0 Å². The van der Waals surface area contributed by atoms with Crippen LogP contribution in [0, 0.1) is 0 Å². The molecule has 144 valence electrons. The number of aromatic amines is 1. The van der Waals surface area contributed by atoms with E-state index in [9.17, 15) is 0 Å². The van der Waals surface area contributed by atoms with Gasteiger partial charge in [-0.3, -0.25) is 0 Å². The van der Waals surface area contributed by atoms with Gasteiger partial charge >= 0.3 is 0 Å². The lowest BCUT2D eigenvalue weighted by Gasteiger charge is -2.14. The molecular weight excluding hydrogens is 330 g/mol. The Bertz CT molecular complexity index is 892. The molecule has 3 rings (SSSR count). The van der Waals surface area contributed by atoms with Crippen molar-refractivity contribution in [3.63, 3.8) is 0 Å². The molecule has 0 aliphatic rings. The number of aryl methyl sites for hydroxylation is 1. The fourth-order valence-electron chi connectivity index (χ4n) is 3.82. The Kier molecular flexibility index (Phi) is 6.22. The molecule has 3 heteroatoms. The first-order valence-electron chi connectivity index (χ1n) is 10.2. The molecule has 0 spiro atoms. The van der Waals surface area contributed by atoms with Crippen molar-refractivity contribution < 1.29 is 0 Å². The van der Waals surface area contributed by atoms with Crippen LogP contribution in [0.5, 0.6) is 0 Å². The van der Waals surface area contributed by atoms with Gasteiger partial charge in [0.1, 0.15) is 0 Å². The molecule has 0 fully saturated rings. The Morgan fingerprint density at radius 3 is 2.56 bits per heavy atom. The first kappa shape index (κ1) is 19.5. The fraction of sp³-hybridized carbons (Fsp3) is 0.417. The summed E-state index contributed by atoms with van der Waals surface area (Å²) in [6.45, 7) is 5.33. The molecule has 1 aromatic heterocycles. The summed E-state index contributed by atoms with van der Waals surface area (Å²) in [5, 5.41) is 1.37. The number of aromatic nitrogens is 1. The van der Waals surface area contributed by atoms with E-state index in [2.05, 4.69) is 80.3 Å². The molecular formula is C24H33N3. The summed E-state index contributed by atoms with van der Waals surface area (Å²) >= 11 is 0. The summed E-state index contributed by atoms with van der Waals surface area (Å²) in [4.78, 5) is 5.97. The van der Waals surface area contributed by atoms with Gasteiger partial charge in [0.25, 0.3) is 0 Å². The van der Waals surface area contributed by atoms with E-state index in [0.29, 0.717) is 5.92 Å². The highest BCUT2D eigenvalue weighted by Gasteiger charge is 2.17. The average molecular weight is 364 g/mol. The molecule has 0 saturated heterocycles. The minimum Gasteiger partial charge on any atom is -0.378 e. The molecule has 0 bridgehead atoms. The molecule has 3 nitrogen and oxygen atoms in total. The van der Waals surface area contributed by atoms with Crippen LogP contribution in [-0.2, 0) is 6.42 Å². The third-order valence-corrected chi connectivity index (χ3v) is 5.65. The number of rotatable bonds is 8. The number of hydrogen-bond acceptors (Lipinski definition) is 2. The highest BCUT2D eigenvalue weighted by molar-refractivity contribution is 5.93. The average Bonchev–Trinajstić information content (AvgIpc) is 3.06. The lowest BCUT2D eigenvalue weighted by Crippen LogP contribution is -2.08. The smallest absolute Gasteiger partial charge is 0.0498 e. The topological polar surface area (TPSA) is 45.0 Å². The van der Waals surface area contributed by atoms with Gasteiger partial charge in [0.2, 0.25) is 0 Å². The molecule has 1 heterocycles. The van der Waals surface area contributed by atoms with E-state index in [0.717, 1.165) is 32.2 Å². The Labute approximate surface area is 163 Å². The third kappa shape index (κ3) is 4.03. The molecule has 1 atom stereocenters. The van der Waals surface area contributed by atoms with E-state index in [-0.39, 0.29) is 0 Å². The van der Waals surface area contributed by atoms with Crippen LogP contribution in [0.4, 0.5) is 5.69 Å². The number of nitrogens with two attached hydrogens (primary N) is 1. The van der Waals surface area contributed by atoms with Gasteiger partial charge in [-0.1, -0.05) is 44.2 Å². The maximum atomic E-state index is 5.75. The van der Waals surface area contributed by atoms with Crippen LogP contribution < -0.4 is 10.6 Å². The Hall–Kier alpha value is -2.26. The zero-order chi connectivity index (χ0) is 19.4. The van der Waals surface area contributed by atoms with E-state index in [4.69, 9.17) is 5.73 Å². The molecule has 1 unspecified atom stereocenters. The number of nitrogens with one attached hydrogen (secondary N) is 1. The lowest BCUT2D eigenvalue weighted by atomic mass is 9.94. The van der Waals surface area contributed by atoms with Gasteiger partial charge in [-0.25, -0.2) is 0 Å². The predicted molar refractivity (Wildman–Crippen MR) is 119 cm³/mol. The largest absolute Gasteiger partial charge is 0.378 e. The highest BCUT2D eigenvalue weighted by atomic mass is 15.1. The van der Waals surface area contributed by atoms with E-state index in [1.165, 1.54) is 39.0 Å². The number of benzene rings is 2. The Balaban J connectivity index is 2.17. The lowest BCUT2D eigenvalue weighted by molar-refractivity contribution is 0.738. The minimum absolute atomic E-state index is 0.546. The molecule has 3 aromatic rings. The SMILES string of the molecule is CCC(C)c1cccc2c(CCCCN)c(-c3cccc(N(C)C)c3)[nH]c12. The number of unbranched alkanes of at least 4 members (excludes halogenated alkanes) is 1. The van der Waals surface area contributed by atoms with Crippen LogP contribution in [0.25, 0.3) is 22.2 Å². The quantitative estimate of drug-likeness (QED) is 0.505. The summed E-state index contributed by atoms with van der Waals surface area (Å²) in [6.07, 6.45) is 4.39. The van der Waals surface area contributed by atoms with E-state index in [1.807, 2.05) is 0 Å². The highest BCUT2D eigenvalue weighted by Crippen LogP contribution is 2.36.